The summed E-state index contributed by atoms with van der Waals surface area (Å²) in [6.07, 6.45) is 1.67. The van der Waals surface area contributed by atoms with Crippen LogP contribution in [0.25, 0.3) is 0 Å². The summed E-state index contributed by atoms with van der Waals surface area (Å²) in [6.45, 7) is 0.321. The van der Waals surface area contributed by atoms with Crippen LogP contribution in [0.4, 0.5) is 5.69 Å². The van der Waals surface area contributed by atoms with Crippen LogP contribution in [-0.4, -0.2) is 23.9 Å². The number of carbonyl (C=O) groups is 2. The number of ether oxygens (including phenoxy) is 1. The summed E-state index contributed by atoms with van der Waals surface area (Å²) in [5.41, 5.74) is 2.22. The molecule has 0 fully saturated rings. The Morgan fingerprint density at radius 3 is 2.33 bits per heavy atom. The molecule has 0 atom stereocenters. The molecule has 27 heavy (non-hydrogen) atoms. The highest BCUT2D eigenvalue weighted by Crippen LogP contribution is 2.16. The molecule has 0 aliphatic rings. The number of hydrogen-bond acceptors (Lipinski definition) is 4. The summed E-state index contributed by atoms with van der Waals surface area (Å²) in [5.74, 6) is 0.152. The standard InChI is InChI=1S/C21H19N3O3/c1-27-19-10-8-17(9-11-19)24-21(26)16-6-4-5-15(13-16)20(25)23-14-18-7-2-3-12-22-18/h2-13H,14H2,1H3,(H,23,25)(H,24,26). The fourth-order valence-corrected chi connectivity index (χ4v) is 2.45. The van der Waals surface area contributed by atoms with E-state index >= 15 is 0 Å². The fourth-order valence-electron chi connectivity index (χ4n) is 2.45. The summed E-state index contributed by atoms with van der Waals surface area (Å²) in [7, 11) is 1.58. The lowest BCUT2D eigenvalue weighted by Crippen LogP contribution is -2.23. The first-order valence-electron chi connectivity index (χ1n) is 8.39. The van der Waals surface area contributed by atoms with E-state index in [-0.39, 0.29) is 11.8 Å². The number of amides is 2. The Balaban J connectivity index is 1.64. The molecular weight excluding hydrogens is 342 g/mol. The first kappa shape index (κ1) is 18.1. The third kappa shape index (κ3) is 4.92. The van der Waals surface area contributed by atoms with Crippen LogP contribution in [0.3, 0.4) is 0 Å². The average molecular weight is 361 g/mol. The Kier molecular flexibility index (Phi) is 5.79. The SMILES string of the molecule is COc1ccc(NC(=O)c2cccc(C(=O)NCc3ccccn3)c2)cc1. The number of rotatable bonds is 6. The Morgan fingerprint density at radius 1 is 0.926 bits per heavy atom. The van der Waals surface area contributed by atoms with Gasteiger partial charge in [0, 0.05) is 23.0 Å². The highest BCUT2D eigenvalue weighted by Gasteiger charge is 2.11. The zero-order valence-electron chi connectivity index (χ0n) is 14.8. The molecule has 6 heteroatoms. The predicted octanol–water partition coefficient (Wildman–Crippen LogP) is 3.27. The van der Waals surface area contributed by atoms with E-state index in [9.17, 15) is 9.59 Å². The van der Waals surface area contributed by atoms with Crippen molar-refractivity contribution in [1.82, 2.24) is 10.3 Å². The quantitative estimate of drug-likeness (QED) is 0.706. The molecule has 0 unspecified atom stereocenters. The van der Waals surface area contributed by atoms with E-state index < -0.39 is 0 Å². The smallest absolute Gasteiger partial charge is 0.255 e. The van der Waals surface area contributed by atoms with Crippen LogP contribution in [-0.2, 0) is 6.54 Å². The van der Waals surface area contributed by atoms with Crippen molar-refractivity contribution >= 4 is 17.5 Å². The molecule has 0 bridgehead atoms. The van der Waals surface area contributed by atoms with Crippen molar-refractivity contribution in [1.29, 1.82) is 0 Å². The number of nitrogens with one attached hydrogen (secondary N) is 2. The molecule has 2 aromatic carbocycles. The van der Waals surface area contributed by atoms with Gasteiger partial charge >= 0.3 is 0 Å². The van der Waals surface area contributed by atoms with Crippen molar-refractivity contribution in [3.63, 3.8) is 0 Å². The van der Waals surface area contributed by atoms with E-state index in [0.717, 1.165) is 5.69 Å². The van der Waals surface area contributed by atoms with Gasteiger partial charge in [-0.2, -0.15) is 0 Å². The topological polar surface area (TPSA) is 80.3 Å². The van der Waals surface area contributed by atoms with E-state index in [1.807, 2.05) is 18.2 Å². The van der Waals surface area contributed by atoms with Crippen LogP contribution in [0.5, 0.6) is 5.75 Å². The highest BCUT2D eigenvalue weighted by molar-refractivity contribution is 6.06. The van der Waals surface area contributed by atoms with Crippen molar-refractivity contribution in [2.24, 2.45) is 0 Å². The van der Waals surface area contributed by atoms with Gasteiger partial charge in [-0.3, -0.25) is 14.6 Å². The van der Waals surface area contributed by atoms with Crippen LogP contribution in [0.15, 0.2) is 72.9 Å². The van der Waals surface area contributed by atoms with Crippen molar-refractivity contribution < 1.29 is 14.3 Å². The van der Waals surface area contributed by atoms with Gasteiger partial charge in [0.25, 0.3) is 11.8 Å². The Morgan fingerprint density at radius 2 is 1.67 bits per heavy atom. The Labute approximate surface area is 157 Å². The molecule has 0 saturated carbocycles. The van der Waals surface area contributed by atoms with Gasteiger partial charge in [-0.05, 0) is 54.6 Å². The van der Waals surface area contributed by atoms with E-state index in [4.69, 9.17) is 4.74 Å². The molecule has 0 spiro atoms. The summed E-state index contributed by atoms with van der Waals surface area (Å²) in [6, 6.07) is 19.1. The van der Waals surface area contributed by atoms with E-state index in [1.165, 1.54) is 0 Å². The molecule has 3 rings (SSSR count). The Hall–Kier alpha value is -3.67. The molecule has 136 valence electrons. The summed E-state index contributed by atoms with van der Waals surface area (Å²) >= 11 is 0. The monoisotopic (exact) mass is 361 g/mol. The lowest BCUT2D eigenvalue weighted by atomic mass is 10.1. The number of benzene rings is 2. The average Bonchev–Trinajstić information content (AvgIpc) is 2.73. The fraction of sp³-hybridized carbons (Fsp3) is 0.0952. The lowest BCUT2D eigenvalue weighted by Gasteiger charge is -2.08. The number of anilines is 1. The second-order valence-electron chi connectivity index (χ2n) is 5.77. The minimum Gasteiger partial charge on any atom is -0.497 e. The summed E-state index contributed by atoms with van der Waals surface area (Å²) in [4.78, 5) is 28.9. The third-order valence-electron chi connectivity index (χ3n) is 3.89. The van der Waals surface area contributed by atoms with Gasteiger partial charge in [-0.1, -0.05) is 12.1 Å². The van der Waals surface area contributed by atoms with E-state index in [0.29, 0.717) is 29.1 Å². The van der Waals surface area contributed by atoms with Crippen molar-refractivity contribution in [3.05, 3.63) is 89.7 Å². The van der Waals surface area contributed by atoms with Crippen molar-refractivity contribution in [2.45, 2.75) is 6.54 Å². The van der Waals surface area contributed by atoms with Gasteiger partial charge < -0.3 is 15.4 Å². The van der Waals surface area contributed by atoms with Crippen LogP contribution in [0.1, 0.15) is 26.4 Å². The predicted molar refractivity (Wildman–Crippen MR) is 103 cm³/mol. The maximum absolute atomic E-state index is 12.4. The third-order valence-corrected chi connectivity index (χ3v) is 3.89. The zero-order chi connectivity index (χ0) is 19.1. The van der Waals surface area contributed by atoms with E-state index in [1.54, 1.807) is 61.8 Å². The normalized spacial score (nSPS) is 10.1. The van der Waals surface area contributed by atoms with Crippen LogP contribution in [0.2, 0.25) is 0 Å². The minimum atomic E-state index is -0.292. The largest absolute Gasteiger partial charge is 0.497 e. The number of nitrogens with zero attached hydrogens (tertiary/aromatic N) is 1. The Bertz CT molecular complexity index is 925. The van der Waals surface area contributed by atoms with Crippen molar-refractivity contribution in [3.8, 4) is 5.75 Å². The summed E-state index contributed by atoms with van der Waals surface area (Å²) in [5, 5.41) is 5.59. The summed E-state index contributed by atoms with van der Waals surface area (Å²) < 4.78 is 5.09. The molecular formula is C21H19N3O3. The van der Waals surface area contributed by atoms with Gasteiger partial charge in [0.05, 0.1) is 19.3 Å². The first-order valence-corrected chi connectivity index (χ1v) is 8.39. The molecule has 0 radical (unpaired) electrons. The number of hydrogen-bond donors (Lipinski definition) is 2. The van der Waals surface area contributed by atoms with E-state index in [2.05, 4.69) is 15.6 Å². The minimum absolute atomic E-state index is 0.264. The van der Waals surface area contributed by atoms with Gasteiger partial charge in [-0.15, -0.1) is 0 Å². The molecule has 1 aromatic heterocycles. The second kappa shape index (κ2) is 8.62. The number of pyridine rings is 1. The van der Waals surface area contributed by atoms with Crippen LogP contribution >= 0.6 is 0 Å². The maximum atomic E-state index is 12.4. The van der Waals surface area contributed by atoms with Crippen LogP contribution < -0.4 is 15.4 Å². The number of aromatic nitrogens is 1. The second-order valence-corrected chi connectivity index (χ2v) is 5.77. The molecule has 1 heterocycles. The molecule has 0 aliphatic heterocycles. The van der Waals surface area contributed by atoms with Gasteiger partial charge in [-0.25, -0.2) is 0 Å². The van der Waals surface area contributed by atoms with Crippen LogP contribution in [0, 0.1) is 0 Å². The van der Waals surface area contributed by atoms with Gasteiger partial charge in [0.15, 0.2) is 0 Å². The first-order chi connectivity index (χ1) is 13.2. The zero-order valence-corrected chi connectivity index (χ0v) is 14.8. The molecule has 0 saturated heterocycles. The maximum Gasteiger partial charge on any atom is 0.255 e. The van der Waals surface area contributed by atoms with Crippen molar-refractivity contribution in [2.75, 3.05) is 12.4 Å². The van der Waals surface area contributed by atoms with Gasteiger partial charge in [0.1, 0.15) is 5.75 Å². The molecule has 0 aliphatic carbocycles. The highest BCUT2D eigenvalue weighted by atomic mass is 16.5. The molecule has 2 amide bonds. The number of carbonyl (C=O) groups excluding carboxylic acids is 2. The number of methoxy groups -OCH3 is 1. The van der Waals surface area contributed by atoms with Gasteiger partial charge in [0.2, 0.25) is 0 Å². The molecule has 3 aromatic rings. The molecule has 2 N–H and O–H groups in total. The lowest BCUT2D eigenvalue weighted by molar-refractivity contribution is 0.0950. The molecule has 6 nitrogen and oxygen atoms in total.